The Labute approximate surface area is 192 Å². The Hall–Kier alpha value is -3.51. The van der Waals surface area contributed by atoms with Crippen LogP contribution >= 0.6 is 0 Å². The van der Waals surface area contributed by atoms with E-state index in [1.807, 2.05) is 6.07 Å². The molecule has 172 valence electrons. The van der Waals surface area contributed by atoms with Gasteiger partial charge in [0.2, 0.25) is 0 Å². The van der Waals surface area contributed by atoms with E-state index < -0.39 is 17.6 Å². The third-order valence-corrected chi connectivity index (χ3v) is 5.06. The Bertz CT molecular complexity index is 1140. The number of aliphatic hydroxyl groups is 1. The van der Waals surface area contributed by atoms with Crippen LogP contribution in [-0.2, 0) is 16.0 Å². The molecule has 0 atom stereocenters. The topological polar surface area (TPSA) is 55.8 Å². The molecule has 4 nitrogen and oxygen atoms in total. The van der Waals surface area contributed by atoms with Crippen LogP contribution in [0.25, 0.3) is 22.3 Å². The van der Waals surface area contributed by atoms with Crippen LogP contribution in [0, 0.1) is 11.6 Å². The summed E-state index contributed by atoms with van der Waals surface area (Å²) in [4.78, 5) is 11.5. The zero-order chi connectivity index (χ0) is 23.8. The predicted molar refractivity (Wildman–Crippen MR) is 124 cm³/mol. The van der Waals surface area contributed by atoms with Crippen LogP contribution in [0.15, 0.2) is 72.8 Å². The van der Waals surface area contributed by atoms with E-state index >= 15 is 0 Å². The van der Waals surface area contributed by atoms with Gasteiger partial charge in [-0.3, -0.25) is 0 Å². The molecule has 0 amide bonds. The maximum absolute atomic E-state index is 15.0. The first-order valence-electron chi connectivity index (χ1n) is 10.6. The lowest BCUT2D eigenvalue weighted by molar-refractivity contribution is -0.139. The van der Waals surface area contributed by atoms with Crippen LogP contribution in [0.4, 0.5) is 8.78 Å². The summed E-state index contributed by atoms with van der Waals surface area (Å²) in [5.74, 6) is -0.879. The highest BCUT2D eigenvalue weighted by Crippen LogP contribution is 2.32. The van der Waals surface area contributed by atoms with Crippen molar-refractivity contribution < 1.29 is 28.2 Å². The molecule has 0 radical (unpaired) electrons. The van der Waals surface area contributed by atoms with E-state index in [-0.39, 0.29) is 19.8 Å². The van der Waals surface area contributed by atoms with Crippen molar-refractivity contribution in [3.8, 4) is 28.0 Å². The van der Waals surface area contributed by atoms with Crippen molar-refractivity contribution in [2.24, 2.45) is 0 Å². The molecule has 0 aromatic heterocycles. The number of hydrogen-bond donors (Lipinski definition) is 1. The van der Waals surface area contributed by atoms with Gasteiger partial charge in [0, 0.05) is 23.3 Å². The molecule has 33 heavy (non-hydrogen) atoms. The lowest BCUT2D eigenvalue weighted by Crippen LogP contribution is -2.13. The first-order chi connectivity index (χ1) is 15.9. The summed E-state index contributed by atoms with van der Waals surface area (Å²) < 4.78 is 39.9. The average molecular weight is 452 g/mol. The molecular weight excluding hydrogens is 426 g/mol. The van der Waals surface area contributed by atoms with Gasteiger partial charge in [-0.25, -0.2) is 13.6 Å². The smallest absolute Gasteiger partial charge is 0.333 e. The molecule has 3 aromatic carbocycles. The predicted octanol–water partition coefficient (Wildman–Crippen LogP) is 5.72. The molecule has 6 heteroatoms. The maximum atomic E-state index is 15.0. The van der Waals surface area contributed by atoms with Crippen molar-refractivity contribution in [1.82, 2.24) is 0 Å². The van der Waals surface area contributed by atoms with E-state index in [9.17, 15) is 18.7 Å². The number of esters is 1. The Kier molecular flexibility index (Phi) is 8.33. The molecule has 0 saturated heterocycles. The van der Waals surface area contributed by atoms with E-state index in [2.05, 4.69) is 6.58 Å². The molecule has 0 aliphatic rings. The standard InChI is InChI=1S/C27H26F2O4/c1-18(2)27(31)33-15-14-32-26-17-21(10-9-19(26)6-5-13-30)23-12-11-20(16-25(23)29)22-7-3-4-8-24(22)28/h3-4,7-12,16-17,30H,1,5-6,13-15H2,2H3. The minimum atomic E-state index is -0.495. The molecule has 3 rings (SSSR count). The minimum absolute atomic E-state index is 0.0313. The molecule has 0 bridgehead atoms. The number of ether oxygens (including phenoxy) is 2. The molecule has 3 aromatic rings. The highest BCUT2D eigenvalue weighted by Gasteiger charge is 2.13. The Morgan fingerprint density at radius 3 is 2.33 bits per heavy atom. The van der Waals surface area contributed by atoms with E-state index in [4.69, 9.17) is 9.47 Å². The first-order valence-corrected chi connectivity index (χ1v) is 10.6. The van der Waals surface area contributed by atoms with Crippen LogP contribution < -0.4 is 4.74 Å². The summed E-state index contributed by atoms with van der Waals surface area (Å²) in [5.41, 5.74) is 2.87. The van der Waals surface area contributed by atoms with Gasteiger partial charge in [0.1, 0.15) is 30.6 Å². The van der Waals surface area contributed by atoms with Crippen LogP contribution in [0.5, 0.6) is 5.75 Å². The summed E-state index contributed by atoms with van der Waals surface area (Å²) in [6.07, 6.45) is 1.12. The van der Waals surface area contributed by atoms with Gasteiger partial charge >= 0.3 is 5.97 Å². The number of benzene rings is 3. The third-order valence-electron chi connectivity index (χ3n) is 5.06. The summed E-state index contributed by atoms with van der Waals surface area (Å²) in [6, 6.07) is 16.1. The Morgan fingerprint density at radius 2 is 1.64 bits per heavy atom. The largest absolute Gasteiger partial charge is 0.490 e. The number of hydrogen-bond acceptors (Lipinski definition) is 4. The molecule has 1 N–H and O–H groups in total. The SMILES string of the molecule is C=C(C)C(=O)OCCOc1cc(-c2ccc(-c3ccccc3F)cc2F)ccc1CCCO. The van der Waals surface area contributed by atoms with Crippen LogP contribution in [0.3, 0.4) is 0 Å². The van der Waals surface area contributed by atoms with Gasteiger partial charge in [-0.1, -0.05) is 49.0 Å². The second-order valence-corrected chi connectivity index (χ2v) is 7.59. The fourth-order valence-electron chi connectivity index (χ4n) is 3.35. The second kappa shape index (κ2) is 11.4. The fourth-order valence-corrected chi connectivity index (χ4v) is 3.35. The molecule has 0 heterocycles. The Morgan fingerprint density at radius 1 is 0.939 bits per heavy atom. The van der Waals surface area contributed by atoms with Crippen molar-refractivity contribution in [1.29, 1.82) is 0 Å². The number of carbonyl (C=O) groups is 1. The number of aryl methyl sites for hydroxylation is 1. The summed E-state index contributed by atoms with van der Waals surface area (Å²) in [6.45, 7) is 5.28. The average Bonchev–Trinajstić information content (AvgIpc) is 2.81. The van der Waals surface area contributed by atoms with Gasteiger partial charge in [0.15, 0.2) is 0 Å². The van der Waals surface area contributed by atoms with E-state index in [1.54, 1.807) is 49.4 Å². The van der Waals surface area contributed by atoms with Crippen molar-refractivity contribution in [2.45, 2.75) is 19.8 Å². The van der Waals surface area contributed by atoms with Crippen LogP contribution in [0.2, 0.25) is 0 Å². The van der Waals surface area contributed by atoms with Gasteiger partial charge in [-0.15, -0.1) is 0 Å². The van der Waals surface area contributed by atoms with Crippen molar-refractivity contribution in [3.63, 3.8) is 0 Å². The van der Waals surface area contributed by atoms with E-state index in [0.717, 1.165) is 5.56 Å². The number of rotatable bonds is 10. The molecule has 0 saturated carbocycles. The highest BCUT2D eigenvalue weighted by molar-refractivity contribution is 5.86. The summed E-state index contributed by atoms with van der Waals surface area (Å²) in [5, 5.41) is 9.17. The normalized spacial score (nSPS) is 10.7. The third kappa shape index (κ3) is 6.26. The zero-order valence-electron chi connectivity index (χ0n) is 18.4. The van der Waals surface area contributed by atoms with Crippen molar-refractivity contribution >= 4 is 5.97 Å². The molecule has 0 unspecified atom stereocenters. The lowest BCUT2D eigenvalue weighted by atomic mass is 9.97. The first kappa shape index (κ1) is 24.1. The number of aliphatic hydroxyl groups excluding tert-OH is 1. The lowest BCUT2D eigenvalue weighted by Gasteiger charge is -2.14. The molecule has 0 fully saturated rings. The molecule has 0 aliphatic heterocycles. The van der Waals surface area contributed by atoms with Gasteiger partial charge in [-0.05, 0) is 54.7 Å². The minimum Gasteiger partial charge on any atom is -0.490 e. The fraction of sp³-hybridized carbons (Fsp3) is 0.222. The zero-order valence-corrected chi connectivity index (χ0v) is 18.4. The number of carbonyl (C=O) groups excluding carboxylic acids is 1. The van der Waals surface area contributed by atoms with Gasteiger partial charge in [0.05, 0.1) is 0 Å². The van der Waals surface area contributed by atoms with Crippen LogP contribution in [0.1, 0.15) is 18.9 Å². The molecule has 0 aliphatic carbocycles. The van der Waals surface area contributed by atoms with E-state index in [1.165, 1.54) is 12.1 Å². The van der Waals surface area contributed by atoms with Gasteiger partial charge in [0.25, 0.3) is 0 Å². The summed E-state index contributed by atoms with van der Waals surface area (Å²) >= 11 is 0. The van der Waals surface area contributed by atoms with Crippen molar-refractivity contribution in [3.05, 3.63) is 90.0 Å². The quantitative estimate of drug-likeness (QED) is 0.243. The second-order valence-electron chi connectivity index (χ2n) is 7.59. The highest BCUT2D eigenvalue weighted by atomic mass is 19.1. The van der Waals surface area contributed by atoms with Gasteiger partial charge < -0.3 is 14.6 Å². The van der Waals surface area contributed by atoms with Gasteiger partial charge in [-0.2, -0.15) is 0 Å². The van der Waals surface area contributed by atoms with Crippen molar-refractivity contribution in [2.75, 3.05) is 19.8 Å². The van der Waals surface area contributed by atoms with E-state index in [0.29, 0.717) is 46.4 Å². The number of halogens is 2. The Balaban J connectivity index is 1.83. The maximum Gasteiger partial charge on any atom is 0.333 e. The molecular formula is C27H26F2O4. The molecule has 0 spiro atoms. The summed E-state index contributed by atoms with van der Waals surface area (Å²) in [7, 11) is 0. The van der Waals surface area contributed by atoms with Crippen LogP contribution in [-0.4, -0.2) is 30.9 Å². The monoisotopic (exact) mass is 452 g/mol.